The van der Waals surface area contributed by atoms with Crippen LogP contribution >= 0.6 is 11.3 Å². The molecule has 21 heavy (non-hydrogen) atoms. The van der Waals surface area contributed by atoms with Crippen LogP contribution in [0.15, 0.2) is 41.9 Å². The lowest BCUT2D eigenvalue weighted by Crippen LogP contribution is -2.07. The normalized spacial score (nSPS) is 10.9. The summed E-state index contributed by atoms with van der Waals surface area (Å²) >= 11 is 1.38. The fourth-order valence-electron chi connectivity index (χ4n) is 2.21. The first kappa shape index (κ1) is 13.5. The molecule has 1 aromatic carbocycles. The highest BCUT2D eigenvalue weighted by Gasteiger charge is 2.18. The van der Waals surface area contributed by atoms with E-state index in [0.717, 1.165) is 10.2 Å². The third-order valence-corrected chi connectivity index (χ3v) is 4.09. The molecule has 0 amide bonds. The van der Waals surface area contributed by atoms with E-state index in [1.54, 1.807) is 16.8 Å². The molecule has 0 saturated heterocycles. The Morgan fingerprint density at radius 2 is 1.90 bits per heavy atom. The summed E-state index contributed by atoms with van der Waals surface area (Å²) in [5.41, 5.74) is 0.802. The number of aromatic nitrogens is 1. The van der Waals surface area contributed by atoms with E-state index in [1.165, 1.54) is 35.6 Å². The van der Waals surface area contributed by atoms with Crippen LogP contribution in [0.4, 0.5) is 4.39 Å². The minimum atomic E-state index is -0.971. The molecule has 0 spiro atoms. The first-order chi connectivity index (χ1) is 10.1. The molecule has 2 aromatic heterocycles. The Balaban J connectivity index is 2.07. The van der Waals surface area contributed by atoms with Gasteiger partial charge >= 0.3 is 5.97 Å². The van der Waals surface area contributed by atoms with Crippen molar-refractivity contribution < 1.29 is 19.1 Å². The molecular formula is C15H10FNO3S. The molecule has 0 fully saturated rings. The van der Waals surface area contributed by atoms with Crippen molar-refractivity contribution >= 4 is 33.3 Å². The van der Waals surface area contributed by atoms with E-state index >= 15 is 0 Å². The maximum absolute atomic E-state index is 12.9. The number of carbonyl (C=O) groups is 2. The predicted octanol–water partition coefficient (Wildman–Crippen LogP) is 3.16. The van der Waals surface area contributed by atoms with E-state index in [4.69, 9.17) is 5.11 Å². The van der Waals surface area contributed by atoms with Gasteiger partial charge in [-0.15, -0.1) is 11.3 Å². The van der Waals surface area contributed by atoms with Crippen molar-refractivity contribution in [2.24, 2.45) is 0 Å². The average Bonchev–Trinajstić information content (AvgIpc) is 3.02. The number of carbonyl (C=O) groups excluding carboxylic acids is 1. The summed E-state index contributed by atoms with van der Waals surface area (Å²) in [5.74, 6) is -1.63. The molecular weight excluding hydrogens is 293 g/mol. The Morgan fingerprint density at radius 3 is 2.57 bits per heavy atom. The SMILES string of the molecule is O=C(O)Cn1cc(C(=O)c2ccc(F)cc2)c2ccsc21. The second-order valence-electron chi connectivity index (χ2n) is 4.54. The molecule has 0 aliphatic rings. The minimum absolute atomic E-state index is 0.201. The Kier molecular flexibility index (Phi) is 3.31. The maximum atomic E-state index is 12.9. The van der Waals surface area contributed by atoms with Crippen LogP contribution < -0.4 is 0 Å². The molecule has 0 unspecified atom stereocenters. The topological polar surface area (TPSA) is 59.3 Å². The summed E-state index contributed by atoms with van der Waals surface area (Å²) in [6.45, 7) is -0.201. The monoisotopic (exact) mass is 303 g/mol. The van der Waals surface area contributed by atoms with Crippen molar-refractivity contribution in [2.45, 2.75) is 6.54 Å². The van der Waals surface area contributed by atoms with E-state index in [2.05, 4.69) is 0 Å². The summed E-state index contributed by atoms with van der Waals surface area (Å²) in [6, 6.07) is 7.09. The van der Waals surface area contributed by atoms with Crippen LogP contribution in [-0.4, -0.2) is 21.4 Å². The van der Waals surface area contributed by atoms with Crippen LogP contribution in [0.25, 0.3) is 10.2 Å². The summed E-state index contributed by atoms with van der Waals surface area (Å²) < 4.78 is 14.5. The number of rotatable bonds is 4. The first-order valence-corrected chi connectivity index (χ1v) is 7.02. The number of aliphatic carboxylic acids is 1. The van der Waals surface area contributed by atoms with Gasteiger partial charge in [0.25, 0.3) is 0 Å². The van der Waals surface area contributed by atoms with Crippen LogP contribution in [-0.2, 0) is 11.3 Å². The lowest BCUT2D eigenvalue weighted by molar-refractivity contribution is -0.137. The molecule has 6 heteroatoms. The van der Waals surface area contributed by atoms with E-state index in [-0.39, 0.29) is 12.3 Å². The van der Waals surface area contributed by atoms with E-state index in [0.29, 0.717) is 11.1 Å². The largest absolute Gasteiger partial charge is 0.480 e. The van der Waals surface area contributed by atoms with E-state index < -0.39 is 11.8 Å². The van der Waals surface area contributed by atoms with Gasteiger partial charge in [0.1, 0.15) is 17.2 Å². The fraction of sp³-hybridized carbons (Fsp3) is 0.0667. The molecule has 0 bridgehead atoms. The third kappa shape index (κ3) is 2.45. The number of ketones is 1. The second kappa shape index (κ2) is 5.14. The number of benzene rings is 1. The highest BCUT2D eigenvalue weighted by Crippen LogP contribution is 2.28. The summed E-state index contributed by atoms with van der Waals surface area (Å²) in [5, 5.41) is 11.4. The van der Waals surface area contributed by atoms with Crippen molar-refractivity contribution in [3.63, 3.8) is 0 Å². The Bertz CT molecular complexity index is 832. The van der Waals surface area contributed by atoms with Gasteiger partial charge < -0.3 is 9.67 Å². The summed E-state index contributed by atoms with van der Waals surface area (Å²) in [6.07, 6.45) is 1.54. The number of nitrogens with zero attached hydrogens (tertiary/aromatic N) is 1. The third-order valence-electron chi connectivity index (χ3n) is 3.14. The number of hydrogen-bond donors (Lipinski definition) is 1. The van der Waals surface area contributed by atoms with Crippen LogP contribution in [0, 0.1) is 5.82 Å². The van der Waals surface area contributed by atoms with Gasteiger partial charge in [-0.05, 0) is 35.7 Å². The average molecular weight is 303 g/mol. The van der Waals surface area contributed by atoms with Gasteiger partial charge in [-0.1, -0.05) is 0 Å². The number of carboxylic acids is 1. The molecule has 0 aliphatic carbocycles. The highest BCUT2D eigenvalue weighted by atomic mass is 32.1. The summed E-state index contributed by atoms with van der Waals surface area (Å²) in [7, 11) is 0. The van der Waals surface area contributed by atoms with Gasteiger partial charge in [0.05, 0.1) is 0 Å². The molecule has 0 radical (unpaired) electrons. The smallest absolute Gasteiger partial charge is 0.323 e. The molecule has 106 valence electrons. The Morgan fingerprint density at radius 1 is 1.19 bits per heavy atom. The highest BCUT2D eigenvalue weighted by molar-refractivity contribution is 7.16. The zero-order valence-corrected chi connectivity index (χ0v) is 11.6. The maximum Gasteiger partial charge on any atom is 0.323 e. The standard InChI is InChI=1S/C15H10FNO3S/c16-10-3-1-9(2-4-10)14(20)12-7-17(8-13(18)19)15-11(12)5-6-21-15/h1-7H,8H2,(H,18,19). The van der Waals surface area contributed by atoms with Crippen molar-refractivity contribution in [2.75, 3.05) is 0 Å². The van der Waals surface area contributed by atoms with Crippen molar-refractivity contribution in [3.05, 3.63) is 58.9 Å². The molecule has 0 atom stereocenters. The van der Waals surface area contributed by atoms with Crippen molar-refractivity contribution in [1.29, 1.82) is 0 Å². The van der Waals surface area contributed by atoms with Gasteiger partial charge in [-0.2, -0.15) is 0 Å². The molecule has 1 N–H and O–H groups in total. The van der Waals surface area contributed by atoms with Crippen LogP contribution in [0.1, 0.15) is 15.9 Å². The van der Waals surface area contributed by atoms with Gasteiger partial charge in [-0.3, -0.25) is 9.59 Å². The lowest BCUT2D eigenvalue weighted by Gasteiger charge is -1.99. The second-order valence-corrected chi connectivity index (χ2v) is 5.43. The molecule has 2 heterocycles. The lowest BCUT2D eigenvalue weighted by atomic mass is 10.0. The van der Waals surface area contributed by atoms with Gasteiger partial charge in [-0.25, -0.2) is 4.39 Å². The predicted molar refractivity (Wildman–Crippen MR) is 77.3 cm³/mol. The quantitative estimate of drug-likeness (QED) is 0.753. The van der Waals surface area contributed by atoms with Gasteiger partial charge in [0, 0.05) is 22.7 Å². The van der Waals surface area contributed by atoms with Crippen molar-refractivity contribution in [1.82, 2.24) is 4.57 Å². The minimum Gasteiger partial charge on any atom is -0.480 e. The summed E-state index contributed by atoms with van der Waals surface area (Å²) in [4.78, 5) is 24.1. The van der Waals surface area contributed by atoms with E-state index in [1.807, 2.05) is 5.38 Å². The van der Waals surface area contributed by atoms with Crippen LogP contribution in [0.2, 0.25) is 0 Å². The number of hydrogen-bond acceptors (Lipinski definition) is 3. The first-order valence-electron chi connectivity index (χ1n) is 6.14. The van der Waals surface area contributed by atoms with Gasteiger partial charge in [0.2, 0.25) is 0 Å². The van der Waals surface area contributed by atoms with Crippen LogP contribution in [0.3, 0.4) is 0 Å². The number of thiophene rings is 1. The van der Waals surface area contributed by atoms with E-state index in [9.17, 15) is 14.0 Å². The van der Waals surface area contributed by atoms with Crippen molar-refractivity contribution in [3.8, 4) is 0 Å². The van der Waals surface area contributed by atoms with Crippen LogP contribution in [0.5, 0.6) is 0 Å². The van der Waals surface area contributed by atoms with Gasteiger partial charge in [0.15, 0.2) is 5.78 Å². The number of fused-ring (bicyclic) bond motifs is 1. The molecule has 3 aromatic rings. The number of carboxylic acid groups (broad SMARTS) is 1. The Labute approximate surface area is 123 Å². The molecule has 0 saturated carbocycles. The Hall–Kier alpha value is -2.47. The fourth-order valence-corrected chi connectivity index (χ4v) is 3.10. The zero-order chi connectivity index (χ0) is 15.0. The zero-order valence-electron chi connectivity index (χ0n) is 10.7. The molecule has 4 nitrogen and oxygen atoms in total. The molecule has 3 rings (SSSR count). The number of halogens is 1. The molecule has 0 aliphatic heterocycles.